The molecule has 0 aliphatic rings. The number of ether oxygens (including phenoxy) is 1. The number of hydrogen-bond acceptors (Lipinski definition) is 4. The number of aliphatic carboxylic acids is 1. The van der Waals surface area contributed by atoms with E-state index in [4.69, 9.17) is 9.84 Å². The first kappa shape index (κ1) is 14.7. The Kier molecular flexibility index (Phi) is 5.05. The summed E-state index contributed by atoms with van der Waals surface area (Å²) in [6.07, 6.45) is -0.276. The third kappa shape index (κ3) is 4.09. The second-order valence-corrected chi connectivity index (χ2v) is 3.85. The maximum absolute atomic E-state index is 12.1. The van der Waals surface area contributed by atoms with Crippen LogP contribution in [0.25, 0.3) is 0 Å². The van der Waals surface area contributed by atoms with Gasteiger partial charge in [-0.05, 0) is 24.3 Å². The van der Waals surface area contributed by atoms with Gasteiger partial charge in [-0.25, -0.2) is 0 Å². The van der Waals surface area contributed by atoms with Crippen LogP contribution in [-0.2, 0) is 9.59 Å². The highest BCUT2D eigenvalue weighted by Crippen LogP contribution is 2.13. The molecule has 0 unspecified atom stereocenters. The van der Waals surface area contributed by atoms with E-state index in [1.165, 1.54) is 26.2 Å². The van der Waals surface area contributed by atoms with E-state index < -0.39 is 17.8 Å². The van der Waals surface area contributed by atoms with Gasteiger partial charge >= 0.3 is 5.97 Å². The summed E-state index contributed by atoms with van der Waals surface area (Å²) >= 11 is 0. The highest BCUT2D eigenvalue weighted by atomic mass is 16.5. The Morgan fingerprint density at radius 2 is 1.79 bits per heavy atom. The second kappa shape index (κ2) is 6.53. The summed E-state index contributed by atoms with van der Waals surface area (Å²) in [6.45, 7) is 1.08. The van der Waals surface area contributed by atoms with Crippen LogP contribution in [0.5, 0.6) is 5.75 Å². The lowest BCUT2D eigenvalue weighted by molar-refractivity contribution is -0.137. The maximum atomic E-state index is 12.1. The van der Waals surface area contributed by atoms with Crippen molar-refractivity contribution in [2.75, 3.05) is 13.7 Å². The van der Waals surface area contributed by atoms with Crippen LogP contribution in [0.3, 0.4) is 0 Å². The average Bonchev–Trinajstić information content (AvgIpc) is 2.38. The van der Waals surface area contributed by atoms with E-state index in [0.717, 1.165) is 4.90 Å². The Bertz CT molecular complexity index is 480. The molecule has 0 bridgehead atoms. The Labute approximate surface area is 110 Å². The molecule has 1 aromatic rings. The molecule has 102 valence electrons. The first-order chi connectivity index (χ1) is 8.95. The van der Waals surface area contributed by atoms with E-state index in [0.29, 0.717) is 11.3 Å². The summed E-state index contributed by atoms with van der Waals surface area (Å²) in [5.74, 6) is -1.47. The van der Waals surface area contributed by atoms with Crippen molar-refractivity contribution in [1.82, 2.24) is 4.90 Å². The molecule has 0 radical (unpaired) electrons. The zero-order valence-corrected chi connectivity index (χ0v) is 10.8. The van der Waals surface area contributed by atoms with E-state index in [2.05, 4.69) is 0 Å². The van der Waals surface area contributed by atoms with Crippen LogP contribution in [0.1, 0.15) is 23.7 Å². The Morgan fingerprint density at radius 1 is 1.21 bits per heavy atom. The third-order valence-corrected chi connectivity index (χ3v) is 2.51. The van der Waals surface area contributed by atoms with Crippen molar-refractivity contribution >= 4 is 17.8 Å². The van der Waals surface area contributed by atoms with Gasteiger partial charge in [0.1, 0.15) is 5.75 Å². The number of rotatable bonds is 5. The minimum atomic E-state index is -1.06. The number of carbonyl (C=O) groups is 3. The molecule has 2 amide bonds. The normalized spacial score (nSPS) is 9.79. The first-order valence-electron chi connectivity index (χ1n) is 5.64. The molecule has 0 heterocycles. The molecule has 1 rings (SSSR count). The molecule has 6 heteroatoms. The van der Waals surface area contributed by atoms with Crippen molar-refractivity contribution in [2.45, 2.75) is 13.3 Å². The molecule has 0 spiro atoms. The van der Waals surface area contributed by atoms with Crippen LogP contribution in [-0.4, -0.2) is 41.4 Å². The van der Waals surface area contributed by atoms with Crippen LogP contribution in [0.4, 0.5) is 0 Å². The third-order valence-electron chi connectivity index (χ3n) is 2.51. The number of nitrogens with zero attached hydrogens (tertiary/aromatic N) is 1. The Morgan fingerprint density at radius 3 is 2.21 bits per heavy atom. The summed E-state index contributed by atoms with van der Waals surface area (Å²) in [4.78, 5) is 34.9. The van der Waals surface area contributed by atoms with Gasteiger partial charge in [0.25, 0.3) is 5.91 Å². The molecule has 0 saturated carbocycles. The summed E-state index contributed by atoms with van der Waals surface area (Å²) in [5.41, 5.74) is 0.307. The number of hydrogen-bond donors (Lipinski definition) is 1. The van der Waals surface area contributed by atoms with Gasteiger partial charge in [-0.1, -0.05) is 0 Å². The summed E-state index contributed by atoms with van der Waals surface area (Å²) in [6, 6.07) is 6.25. The molecular formula is C13H15NO5. The number of carbonyl (C=O) groups excluding carboxylic acids is 2. The molecule has 1 aromatic carbocycles. The zero-order valence-electron chi connectivity index (χ0n) is 10.8. The highest BCUT2D eigenvalue weighted by Gasteiger charge is 2.20. The van der Waals surface area contributed by atoms with Gasteiger partial charge in [-0.2, -0.15) is 0 Å². The van der Waals surface area contributed by atoms with Crippen LogP contribution in [0, 0.1) is 0 Å². The highest BCUT2D eigenvalue weighted by molar-refractivity contribution is 6.04. The number of carboxylic acid groups (broad SMARTS) is 1. The molecule has 0 aromatic heterocycles. The molecule has 19 heavy (non-hydrogen) atoms. The van der Waals surface area contributed by atoms with Crippen molar-refractivity contribution in [3.8, 4) is 5.75 Å². The van der Waals surface area contributed by atoms with Gasteiger partial charge in [0.15, 0.2) is 0 Å². The van der Waals surface area contributed by atoms with E-state index in [1.807, 2.05) is 0 Å². The topological polar surface area (TPSA) is 83.9 Å². The summed E-state index contributed by atoms with van der Waals surface area (Å²) in [5, 5.41) is 8.60. The van der Waals surface area contributed by atoms with Crippen molar-refractivity contribution in [3.63, 3.8) is 0 Å². The van der Waals surface area contributed by atoms with E-state index in [1.54, 1.807) is 12.1 Å². The number of benzene rings is 1. The van der Waals surface area contributed by atoms with Crippen molar-refractivity contribution in [1.29, 1.82) is 0 Å². The minimum absolute atomic E-state index is 0.143. The van der Waals surface area contributed by atoms with Crippen molar-refractivity contribution < 1.29 is 24.2 Å². The van der Waals surface area contributed by atoms with Gasteiger partial charge in [0.2, 0.25) is 5.91 Å². The lowest BCUT2D eigenvalue weighted by Crippen LogP contribution is -2.36. The standard InChI is InChI=1S/C13H15NO5/c1-9(15)14(8-7-12(16)17)13(18)10-3-5-11(19-2)6-4-10/h3-6H,7-8H2,1-2H3,(H,16,17). The first-order valence-corrected chi connectivity index (χ1v) is 5.64. The molecule has 0 aliphatic carbocycles. The Balaban J connectivity index is 2.85. The van der Waals surface area contributed by atoms with Crippen molar-refractivity contribution in [3.05, 3.63) is 29.8 Å². The second-order valence-electron chi connectivity index (χ2n) is 3.85. The van der Waals surface area contributed by atoms with Crippen molar-refractivity contribution in [2.24, 2.45) is 0 Å². The largest absolute Gasteiger partial charge is 0.497 e. The number of amides is 2. The number of methoxy groups -OCH3 is 1. The van der Waals surface area contributed by atoms with Crippen LogP contribution in [0.2, 0.25) is 0 Å². The van der Waals surface area contributed by atoms with E-state index in [9.17, 15) is 14.4 Å². The predicted molar refractivity (Wildman–Crippen MR) is 67.0 cm³/mol. The predicted octanol–water partition coefficient (Wildman–Crippen LogP) is 1.16. The van der Waals surface area contributed by atoms with Gasteiger partial charge in [-0.3, -0.25) is 19.3 Å². The number of imide groups is 1. The van der Waals surface area contributed by atoms with E-state index >= 15 is 0 Å². The SMILES string of the molecule is COc1ccc(C(=O)N(CCC(=O)O)C(C)=O)cc1. The molecule has 1 N–H and O–H groups in total. The lowest BCUT2D eigenvalue weighted by Gasteiger charge is -2.18. The fourth-order valence-electron chi connectivity index (χ4n) is 1.50. The molecule has 6 nitrogen and oxygen atoms in total. The van der Waals surface area contributed by atoms with Gasteiger partial charge in [-0.15, -0.1) is 0 Å². The van der Waals surface area contributed by atoms with Crippen LogP contribution >= 0.6 is 0 Å². The monoisotopic (exact) mass is 265 g/mol. The fraction of sp³-hybridized carbons (Fsp3) is 0.308. The average molecular weight is 265 g/mol. The minimum Gasteiger partial charge on any atom is -0.497 e. The van der Waals surface area contributed by atoms with Crippen LogP contribution < -0.4 is 4.74 Å². The molecule has 0 atom stereocenters. The number of carboxylic acids is 1. The van der Waals surface area contributed by atoms with Gasteiger partial charge < -0.3 is 9.84 Å². The summed E-state index contributed by atoms with van der Waals surface area (Å²) < 4.78 is 4.97. The molecular weight excluding hydrogens is 250 g/mol. The smallest absolute Gasteiger partial charge is 0.305 e. The quantitative estimate of drug-likeness (QED) is 0.863. The zero-order chi connectivity index (χ0) is 14.4. The fourth-order valence-corrected chi connectivity index (χ4v) is 1.50. The van der Waals surface area contributed by atoms with Crippen LogP contribution in [0.15, 0.2) is 24.3 Å². The molecule has 0 aliphatic heterocycles. The van der Waals surface area contributed by atoms with Gasteiger partial charge in [0.05, 0.1) is 13.5 Å². The van der Waals surface area contributed by atoms with E-state index in [-0.39, 0.29) is 13.0 Å². The van der Waals surface area contributed by atoms with Gasteiger partial charge in [0, 0.05) is 19.0 Å². The Hall–Kier alpha value is -2.37. The molecule has 0 saturated heterocycles. The maximum Gasteiger partial charge on any atom is 0.305 e. The lowest BCUT2D eigenvalue weighted by atomic mass is 10.2. The molecule has 0 fully saturated rings. The summed E-state index contributed by atoms with van der Waals surface area (Å²) in [7, 11) is 1.51.